The monoisotopic (exact) mass is 323 g/mol. The zero-order valence-electron chi connectivity index (χ0n) is 12.9. The van der Waals surface area contributed by atoms with E-state index in [0.717, 1.165) is 24.6 Å². The minimum absolute atomic E-state index is 0.777. The first-order valence-corrected chi connectivity index (χ1v) is 8.87. The van der Waals surface area contributed by atoms with Crippen LogP contribution in [0.5, 0.6) is 11.5 Å². The van der Waals surface area contributed by atoms with Crippen molar-refractivity contribution >= 4 is 23.1 Å². The molecule has 2 rings (SSSR count). The van der Waals surface area contributed by atoms with Crippen molar-refractivity contribution in [3.05, 3.63) is 39.6 Å². The molecule has 3 nitrogen and oxygen atoms in total. The van der Waals surface area contributed by atoms with E-state index in [1.807, 2.05) is 6.07 Å². The summed E-state index contributed by atoms with van der Waals surface area (Å²) >= 11 is 3.47. The molecule has 21 heavy (non-hydrogen) atoms. The molecule has 1 aromatic heterocycles. The Labute approximate surface area is 134 Å². The minimum Gasteiger partial charge on any atom is -0.493 e. The van der Waals surface area contributed by atoms with Gasteiger partial charge in [0, 0.05) is 18.0 Å². The second kappa shape index (κ2) is 7.73. The number of aryl methyl sites for hydroxylation is 1. The minimum atomic E-state index is 0.777. The van der Waals surface area contributed by atoms with Gasteiger partial charge in [-0.15, -0.1) is 11.8 Å². The standard InChI is InChI=1S/C16H21NO2S2/c1-11-9-21-10-13(11)8-17-7-12-5-14(18-2)15(19-3)6-16(12)20-4/h5-6,9-10,17H,7-8H2,1-4H3. The van der Waals surface area contributed by atoms with Crippen molar-refractivity contribution in [1.82, 2.24) is 5.32 Å². The maximum Gasteiger partial charge on any atom is 0.161 e. The summed E-state index contributed by atoms with van der Waals surface area (Å²) in [6.07, 6.45) is 2.08. The summed E-state index contributed by atoms with van der Waals surface area (Å²) in [5.74, 6) is 1.55. The van der Waals surface area contributed by atoms with Crippen LogP contribution in [0.2, 0.25) is 0 Å². The molecule has 114 valence electrons. The number of thioether (sulfide) groups is 1. The van der Waals surface area contributed by atoms with Crippen LogP contribution in [0, 0.1) is 6.92 Å². The largest absolute Gasteiger partial charge is 0.493 e. The molecule has 0 aliphatic heterocycles. The summed E-state index contributed by atoms with van der Waals surface area (Å²) in [5.41, 5.74) is 3.95. The Kier molecular flexibility index (Phi) is 5.96. The summed E-state index contributed by atoms with van der Waals surface area (Å²) in [5, 5.41) is 7.89. The quantitative estimate of drug-likeness (QED) is 0.778. The van der Waals surface area contributed by atoms with Crippen LogP contribution in [0.1, 0.15) is 16.7 Å². The van der Waals surface area contributed by atoms with E-state index >= 15 is 0 Å². The van der Waals surface area contributed by atoms with Gasteiger partial charge in [0.05, 0.1) is 14.2 Å². The van der Waals surface area contributed by atoms with Gasteiger partial charge in [-0.05, 0) is 52.8 Å². The van der Waals surface area contributed by atoms with Crippen molar-refractivity contribution in [2.75, 3.05) is 20.5 Å². The molecule has 1 aromatic carbocycles. The number of benzene rings is 1. The van der Waals surface area contributed by atoms with Crippen molar-refractivity contribution < 1.29 is 9.47 Å². The Morgan fingerprint density at radius 1 is 1.05 bits per heavy atom. The van der Waals surface area contributed by atoms with E-state index in [1.165, 1.54) is 21.6 Å². The van der Waals surface area contributed by atoms with Crippen molar-refractivity contribution in [1.29, 1.82) is 0 Å². The van der Waals surface area contributed by atoms with Gasteiger partial charge < -0.3 is 14.8 Å². The Hall–Kier alpha value is -1.17. The fraction of sp³-hybridized carbons (Fsp3) is 0.375. The molecule has 5 heteroatoms. The average molecular weight is 323 g/mol. The van der Waals surface area contributed by atoms with Gasteiger partial charge in [-0.3, -0.25) is 0 Å². The summed E-state index contributed by atoms with van der Waals surface area (Å²) in [6, 6.07) is 4.09. The molecule has 2 aromatic rings. The molecule has 0 spiro atoms. The molecule has 1 heterocycles. The Morgan fingerprint density at radius 3 is 2.29 bits per heavy atom. The van der Waals surface area contributed by atoms with Gasteiger partial charge in [-0.2, -0.15) is 11.3 Å². The number of ether oxygens (including phenoxy) is 2. The number of methoxy groups -OCH3 is 2. The lowest BCUT2D eigenvalue weighted by Gasteiger charge is -2.14. The van der Waals surface area contributed by atoms with Gasteiger partial charge in [-0.1, -0.05) is 0 Å². The average Bonchev–Trinajstić information content (AvgIpc) is 2.92. The lowest BCUT2D eigenvalue weighted by atomic mass is 10.1. The van der Waals surface area contributed by atoms with Crippen LogP contribution in [0.3, 0.4) is 0 Å². The molecule has 0 atom stereocenters. The highest BCUT2D eigenvalue weighted by atomic mass is 32.2. The van der Waals surface area contributed by atoms with Gasteiger partial charge in [0.25, 0.3) is 0 Å². The smallest absolute Gasteiger partial charge is 0.161 e. The lowest BCUT2D eigenvalue weighted by Crippen LogP contribution is -2.13. The van der Waals surface area contributed by atoms with Gasteiger partial charge in [0.1, 0.15) is 0 Å². The van der Waals surface area contributed by atoms with Crippen molar-refractivity contribution in [2.24, 2.45) is 0 Å². The van der Waals surface area contributed by atoms with E-state index in [4.69, 9.17) is 9.47 Å². The number of hydrogen-bond acceptors (Lipinski definition) is 5. The third-order valence-corrected chi connectivity index (χ3v) is 5.11. The van der Waals surface area contributed by atoms with Crippen LogP contribution in [0.4, 0.5) is 0 Å². The molecule has 0 fully saturated rings. The second-order valence-electron chi connectivity index (χ2n) is 4.70. The molecule has 0 unspecified atom stereocenters. The van der Waals surface area contributed by atoms with Crippen LogP contribution in [0.15, 0.2) is 27.8 Å². The summed E-state index contributed by atoms with van der Waals surface area (Å²) in [4.78, 5) is 1.21. The first-order chi connectivity index (χ1) is 10.2. The van der Waals surface area contributed by atoms with Gasteiger partial charge in [0.2, 0.25) is 0 Å². The Bertz CT molecular complexity index is 596. The molecule has 0 radical (unpaired) electrons. The Morgan fingerprint density at radius 2 is 1.71 bits per heavy atom. The lowest BCUT2D eigenvalue weighted by molar-refractivity contribution is 0.353. The first-order valence-electron chi connectivity index (χ1n) is 6.70. The van der Waals surface area contributed by atoms with Crippen molar-refractivity contribution in [2.45, 2.75) is 24.9 Å². The predicted molar refractivity (Wildman–Crippen MR) is 90.9 cm³/mol. The molecule has 0 aliphatic carbocycles. The summed E-state index contributed by atoms with van der Waals surface area (Å²) in [7, 11) is 3.34. The number of rotatable bonds is 7. The van der Waals surface area contributed by atoms with Crippen molar-refractivity contribution in [3.63, 3.8) is 0 Å². The predicted octanol–water partition coefficient (Wildman–Crippen LogP) is 4.09. The van der Waals surface area contributed by atoms with Crippen molar-refractivity contribution in [3.8, 4) is 11.5 Å². The van der Waals surface area contributed by atoms with Gasteiger partial charge in [-0.25, -0.2) is 0 Å². The number of nitrogens with one attached hydrogen (secondary N) is 1. The van der Waals surface area contributed by atoms with Crippen LogP contribution >= 0.6 is 23.1 Å². The SMILES string of the molecule is COc1cc(CNCc2cscc2C)c(SC)cc1OC. The molecule has 0 bridgehead atoms. The van der Waals surface area contributed by atoms with Crippen LogP contribution in [-0.4, -0.2) is 20.5 Å². The van der Waals surface area contributed by atoms with Crippen LogP contribution < -0.4 is 14.8 Å². The summed E-state index contributed by atoms with van der Waals surface area (Å²) < 4.78 is 10.7. The molecule has 1 N–H and O–H groups in total. The van der Waals surface area contributed by atoms with E-state index < -0.39 is 0 Å². The highest BCUT2D eigenvalue weighted by Gasteiger charge is 2.10. The fourth-order valence-corrected chi connectivity index (χ4v) is 3.61. The Balaban J connectivity index is 2.09. The first kappa shape index (κ1) is 16.2. The van der Waals surface area contributed by atoms with E-state index in [2.05, 4.69) is 35.3 Å². The van der Waals surface area contributed by atoms with Crippen LogP contribution in [0.25, 0.3) is 0 Å². The highest BCUT2D eigenvalue weighted by molar-refractivity contribution is 7.98. The topological polar surface area (TPSA) is 30.5 Å². The van der Waals surface area contributed by atoms with E-state index in [1.54, 1.807) is 37.3 Å². The maximum absolute atomic E-state index is 5.39. The molecule has 0 amide bonds. The zero-order valence-corrected chi connectivity index (χ0v) is 14.5. The van der Waals surface area contributed by atoms with Crippen LogP contribution in [-0.2, 0) is 13.1 Å². The number of thiophene rings is 1. The third-order valence-electron chi connectivity index (χ3n) is 3.38. The zero-order chi connectivity index (χ0) is 15.2. The van der Waals surface area contributed by atoms with Gasteiger partial charge in [0.15, 0.2) is 11.5 Å². The maximum atomic E-state index is 5.39. The van der Waals surface area contributed by atoms with Gasteiger partial charge >= 0.3 is 0 Å². The third kappa shape index (κ3) is 3.93. The highest BCUT2D eigenvalue weighted by Crippen LogP contribution is 2.34. The molecule has 0 aliphatic rings. The number of hydrogen-bond donors (Lipinski definition) is 1. The normalized spacial score (nSPS) is 10.7. The summed E-state index contributed by atoms with van der Waals surface area (Å²) in [6.45, 7) is 3.85. The molecule has 0 saturated heterocycles. The molecule has 0 saturated carbocycles. The van der Waals surface area contributed by atoms with E-state index in [0.29, 0.717) is 0 Å². The second-order valence-corrected chi connectivity index (χ2v) is 6.29. The molecular weight excluding hydrogens is 302 g/mol. The van der Waals surface area contributed by atoms with E-state index in [9.17, 15) is 0 Å². The fourth-order valence-electron chi connectivity index (χ4n) is 2.13. The molecular formula is C16H21NO2S2. The van der Waals surface area contributed by atoms with E-state index in [-0.39, 0.29) is 0 Å².